The van der Waals surface area contributed by atoms with E-state index in [0.717, 1.165) is 32.1 Å². The molecule has 2 aliphatic heterocycles. The van der Waals surface area contributed by atoms with E-state index >= 15 is 0 Å². The maximum atomic E-state index is 11.1. The fourth-order valence-corrected chi connectivity index (χ4v) is 4.34. The first-order chi connectivity index (χ1) is 9.67. The zero-order valence-corrected chi connectivity index (χ0v) is 12.3. The zero-order valence-electron chi connectivity index (χ0n) is 12.3. The summed E-state index contributed by atoms with van der Waals surface area (Å²) in [5.74, 6) is -0.703. The summed E-state index contributed by atoms with van der Waals surface area (Å²) in [5, 5.41) is 12.4. The van der Waals surface area contributed by atoms with Crippen LogP contribution in [0, 0.1) is 0 Å². The molecule has 2 heterocycles. The number of rotatable bonds is 3. The van der Waals surface area contributed by atoms with Crippen molar-refractivity contribution in [1.29, 1.82) is 0 Å². The quantitative estimate of drug-likeness (QED) is 0.835. The first kappa shape index (κ1) is 14.3. The molecule has 1 saturated carbocycles. The molecule has 20 heavy (non-hydrogen) atoms. The summed E-state index contributed by atoms with van der Waals surface area (Å²) >= 11 is 0. The van der Waals surface area contributed by atoms with E-state index in [4.69, 9.17) is 9.84 Å². The molecular weight excluding hydrogens is 254 g/mol. The van der Waals surface area contributed by atoms with Gasteiger partial charge in [-0.3, -0.25) is 4.79 Å². The van der Waals surface area contributed by atoms with Crippen LogP contribution in [0.1, 0.15) is 70.6 Å². The number of hydrogen-bond donors (Lipinski definition) is 2. The Morgan fingerprint density at radius 2 is 1.90 bits per heavy atom. The summed E-state index contributed by atoms with van der Waals surface area (Å²) in [6.07, 6.45) is 13.1. The van der Waals surface area contributed by atoms with Crippen LogP contribution in [0.2, 0.25) is 0 Å². The van der Waals surface area contributed by atoms with E-state index in [1.165, 1.54) is 38.5 Å². The second kappa shape index (κ2) is 6.02. The fourth-order valence-electron chi connectivity index (χ4n) is 4.34. The molecule has 0 amide bonds. The van der Waals surface area contributed by atoms with Crippen molar-refractivity contribution in [3.05, 3.63) is 0 Å². The number of nitrogens with one attached hydrogen (secondary N) is 1. The van der Waals surface area contributed by atoms with Crippen molar-refractivity contribution in [2.45, 2.75) is 94.4 Å². The zero-order chi connectivity index (χ0) is 14.0. The standard InChI is InChI=1S/C16H27NO3/c18-15(19)14-6-4-5-12(17-14)11-13-7-10-16(20-13)8-2-1-3-9-16/h12-14,17H,1-11H2,(H,18,19). The van der Waals surface area contributed by atoms with E-state index in [9.17, 15) is 4.79 Å². The summed E-state index contributed by atoms with van der Waals surface area (Å²) in [6.45, 7) is 0. The van der Waals surface area contributed by atoms with Crippen LogP contribution in [0.25, 0.3) is 0 Å². The van der Waals surface area contributed by atoms with Crippen molar-refractivity contribution in [2.75, 3.05) is 0 Å². The highest BCUT2D eigenvalue weighted by molar-refractivity contribution is 5.73. The summed E-state index contributed by atoms with van der Waals surface area (Å²) in [6, 6.07) is -0.0209. The van der Waals surface area contributed by atoms with Crippen molar-refractivity contribution in [3.63, 3.8) is 0 Å². The average molecular weight is 281 g/mol. The van der Waals surface area contributed by atoms with Crippen LogP contribution in [0.15, 0.2) is 0 Å². The molecule has 0 aromatic heterocycles. The van der Waals surface area contributed by atoms with Gasteiger partial charge in [-0.05, 0) is 51.4 Å². The smallest absolute Gasteiger partial charge is 0.320 e. The maximum absolute atomic E-state index is 11.1. The SMILES string of the molecule is O=C(O)C1CCCC(CC2CCC3(CCCCC3)O2)N1. The van der Waals surface area contributed by atoms with Crippen LogP contribution < -0.4 is 5.32 Å². The molecule has 114 valence electrons. The number of hydrogen-bond acceptors (Lipinski definition) is 3. The van der Waals surface area contributed by atoms with Gasteiger partial charge in [0.1, 0.15) is 6.04 Å². The summed E-state index contributed by atoms with van der Waals surface area (Å²) < 4.78 is 6.40. The van der Waals surface area contributed by atoms with Crippen LogP contribution in [-0.2, 0) is 9.53 Å². The molecule has 0 bridgehead atoms. The average Bonchev–Trinajstić information content (AvgIpc) is 2.82. The van der Waals surface area contributed by atoms with Gasteiger partial charge in [-0.15, -0.1) is 0 Å². The molecule has 3 atom stereocenters. The Hall–Kier alpha value is -0.610. The van der Waals surface area contributed by atoms with Gasteiger partial charge in [0.25, 0.3) is 0 Å². The minimum atomic E-state index is -0.703. The minimum Gasteiger partial charge on any atom is -0.480 e. The van der Waals surface area contributed by atoms with E-state index < -0.39 is 5.97 Å². The third kappa shape index (κ3) is 3.17. The molecule has 1 aliphatic carbocycles. The maximum Gasteiger partial charge on any atom is 0.320 e. The monoisotopic (exact) mass is 281 g/mol. The molecule has 3 fully saturated rings. The Balaban J connectivity index is 1.50. The lowest BCUT2D eigenvalue weighted by atomic mass is 9.83. The molecule has 2 saturated heterocycles. The highest BCUT2D eigenvalue weighted by Gasteiger charge is 2.41. The van der Waals surface area contributed by atoms with E-state index in [-0.39, 0.29) is 11.6 Å². The van der Waals surface area contributed by atoms with Crippen molar-refractivity contribution < 1.29 is 14.6 Å². The fraction of sp³-hybridized carbons (Fsp3) is 0.938. The van der Waals surface area contributed by atoms with Gasteiger partial charge < -0.3 is 15.2 Å². The molecule has 3 unspecified atom stereocenters. The van der Waals surface area contributed by atoms with Crippen molar-refractivity contribution >= 4 is 5.97 Å². The lowest BCUT2D eigenvalue weighted by Gasteiger charge is -2.35. The molecule has 0 radical (unpaired) electrons. The summed E-state index contributed by atoms with van der Waals surface area (Å²) in [4.78, 5) is 11.1. The van der Waals surface area contributed by atoms with Crippen LogP contribution in [0.3, 0.4) is 0 Å². The molecule has 0 aromatic carbocycles. The molecule has 4 heteroatoms. The number of aliphatic carboxylic acids is 1. The first-order valence-corrected chi connectivity index (χ1v) is 8.34. The van der Waals surface area contributed by atoms with Crippen LogP contribution >= 0.6 is 0 Å². The van der Waals surface area contributed by atoms with Gasteiger partial charge in [0.15, 0.2) is 0 Å². The van der Waals surface area contributed by atoms with Gasteiger partial charge in [0.05, 0.1) is 11.7 Å². The third-order valence-electron chi connectivity index (χ3n) is 5.43. The number of piperidine rings is 1. The number of carboxylic acids is 1. The molecule has 3 rings (SSSR count). The van der Waals surface area contributed by atoms with E-state index in [1.54, 1.807) is 0 Å². The van der Waals surface area contributed by atoms with E-state index in [1.807, 2.05) is 0 Å². The molecule has 2 N–H and O–H groups in total. The first-order valence-electron chi connectivity index (χ1n) is 8.34. The van der Waals surface area contributed by atoms with Crippen molar-refractivity contribution in [1.82, 2.24) is 5.32 Å². The van der Waals surface area contributed by atoms with Gasteiger partial charge in [-0.1, -0.05) is 19.3 Å². The molecule has 0 aromatic rings. The van der Waals surface area contributed by atoms with Gasteiger partial charge in [0, 0.05) is 6.04 Å². The summed E-state index contributed by atoms with van der Waals surface area (Å²) in [5.41, 5.74) is 0.184. The second-order valence-electron chi connectivity index (χ2n) is 6.94. The Morgan fingerprint density at radius 1 is 1.10 bits per heavy atom. The van der Waals surface area contributed by atoms with E-state index in [2.05, 4.69) is 5.32 Å². The van der Waals surface area contributed by atoms with Gasteiger partial charge in [-0.2, -0.15) is 0 Å². The second-order valence-corrected chi connectivity index (χ2v) is 6.94. The topological polar surface area (TPSA) is 58.6 Å². The number of carboxylic acid groups (broad SMARTS) is 1. The van der Waals surface area contributed by atoms with Crippen LogP contribution in [-0.4, -0.2) is 34.9 Å². The van der Waals surface area contributed by atoms with Crippen LogP contribution in [0.4, 0.5) is 0 Å². The predicted molar refractivity (Wildman–Crippen MR) is 76.7 cm³/mol. The number of ether oxygens (including phenoxy) is 1. The number of carbonyl (C=O) groups is 1. The van der Waals surface area contributed by atoms with Crippen molar-refractivity contribution in [2.24, 2.45) is 0 Å². The molecule has 3 aliphatic rings. The van der Waals surface area contributed by atoms with Gasteiger partial charge in [-0.25, -0.2) is 0 Å². The predicted octanol–water partition coefficient (Wildman–Crippen LogP) is 2.85. The Morgan fingerprint density at radius 3 is 2.65 bits per heavy atom. The Labute approximate surface area is 121 Å². The Kier molecular flexibility index (Phi) is 4.32. The lowest BCUT2D eigenvalue weighted by molar-refractivity contribution is -0.140. The molecule has 1 spiro atoms. The third-order valence-corrected chi connectivity index (χ3v) is 5.43. The summed E-state index contributed by atoms with van der Waals surface area (Å²) in [7, 11) is 0. The normalized spacial score (nSPS) is 37.1. The highest BCUT2D eigenvalue weighted by Crippen LogP contribution is 2.43. The lowest BCUT2D eigenvalue weighted by Crippen LogP contribution is -2.48. The minimum absolute atomic E-state index is 0.184. The van der Waals surface area contributed by atoms with Gasteiger partial charge >= 0.3 is 5.97 Å². The van der Waals surface area contributed by atoms with E-state index in [0.29, 0.717) is 12.1 Å². The molecule has 4 nitrogen and oxygen atoms in total. The van der Waals surface area contributed by atoms with Crippen LogP contribution in [0.5, 0.6) is 0 Å². The molecular formula is C16H27NO3. The Bertz CT molecular complexity index is 352. The highest BCUT2D eigenvalue weighted by atomic mass is 16.5. The van der Waals surface area contributed by atoms with Crippen molar-refractivity contribution in [3.8, 4) is 0 Å². The largest absolute Gasteiger partial charge is 0.480 e. The van der Waals surface area contributed by atoms with Gasteiger partial charge in [0.2, 0.25) is 0 Å².